The highest BCUT2D eigenvalue weighted by Crippen LogP contribution is 2.24. The number of aromatic nitrogens is 1. The molecule has 0 spiro atoms. The molecule has 0 saturated heterocycles. The molecule has 0 bridgehead atoms. The van der Waals surface area contributed by atoms with Crippen molar-refractivity contribution >= 4 is 32.5 Å². The number of likely N-dealkylation sites (N-methyl/N-ethyl adjacent to an activating group) is 1. The predicted octanol–water partition coefficient (Wildman–Crippen LogP) is 3.68. The van der Waals surface area contributed by atoms with Crippen LogP contribution in [0.2, 0.25) is 5.02 Å². The molecule has 23 heavy (non-hydrogen) atoms. The van der Waals surface area contributed by atoms with Crippen molar-refractivity contribution in [2.45, 2.75) is 11.3 Å². The van der Waals surface area contributed by atoms with E-state index < -0.39 is 10.0 Å². The number of halogens is 1. The minimum atomic E-state index is -3.58. The van der Waals surface area contributed by atoms with Crippen LogP contribution < -0.4 is 0 Å². The highest BCUT2D eigenvalue weighted by Gasteiger charge is 2.23. The Kier molecular flexibility index (Phi) is 4.43. The van der Waals surface area contributed by atoms with Crippen LogP contribution in [0, 0.1) is 0 Å². The number of hydrogen-bond acceptors (Lipinski definition) is 2. The van der Waals surface area contributed by atoms with E-state index in [9.17, 15) is 8.42 Å². The molecular weight excluding hydrogens is 332 g/mol. The van der Waals surface area contributed by atoms with Crippen LogP contribution in [0.4, 0.5) is 0 Å². The molecule has 120 valence electrons. The van der Waals surface area contributed by atoms with Gasteiger partial charge in [0.15, 0.2) is 0 Å². The second kappa shape index (κ2) is 6.35. The molecule has 1 heterocycles. The van der Waals surface area contributed by atoms with Gasteiger partial charge in [0.05, 0.1) is 5.02 Å². The Bertz CT molecular complexity index is 934. The Balaban J connectivity index is 1.79. The van der Waals surface area contributed by atoms with Crippen LogP contribution >= 0.6 is 11.6 Å². The van der Waals surface area contributed by atoms with Gasteiger partial charge in [-0.3, -0.25) is 0 Å². The maximum atomic E-state index is 12.6. The first-order valence-electron chi connectivity index (χ1n) is 7.26. The number of para-hydroxylation sites is 1. The second-order valence-corrected chi connectivity index (χ2v) is 7.79. The lowest BCUT2D eigenvalue weighted by Gasteiger charge is -2.17. The number of nitrogens with one attached hydrogen (secondary N) is 1. The van der Waals surface area contributed by atoms with E-state index in [0.717, 1.165) is 16.5 Å². The van der Waals surface area contributed by atoms with Gasteiger partial charge in [0.1, 0.15) is 4.90 Å². The molecule has 3 aromatic rings. The Morgan fingerprint density at radius 1 is 1.09 bits per heavy atom. The summed E-state index contributed by atoms with van der Waals surface area (Å²) in [5.41, 5.74) is 2.15. The summed E-state index contributed by atoms with van der Waals surface area (Å²) in [4.78, 5) is 3.34. The molecule has 6 heteroatoms. The molecule has 0 aliphatic carbocycles. The van der Waals surface area contributed by atoms with Gasteiger partial charge in [-0.15, -0.1) is 0 Å². The average molecular weight is 349 g/mol. The summed E-state index contributed by atoms with van der Waals surface area (Å²) < 4.78 is 26.6. The molecule has 0 amide bonds. The van der Waals surface area contributed by atoms with Crippen LogP contribution in [0.15, 0.2) is 59.6 Å². The van der Waals surface area contributed by atoms with Crippen molar-refractivity contribution in [2.75, 3.05) is 13.6 Å². The number of H-pyrrole nitrogens is 1. The van der Waals surface area contributed by atoms with E-state index in [1.807, 2.05) is 30.5 Å². The first-order chi connectivity index (χ1) is 11.0. The van der Waals surface area contributed by atoms with Gasteiger partial charge in [0.2, 0.25) is 10.0 Å². The third-order valence-corrected chi connectivity index (χ3v) is 6.25. The number of aromatic amines is 1. The lowest BCUT2D eigenvalue weighted by atomic mass is 10.1. The van der Waals surface area contributed by atoms with E-state index in [-0.39, 0.29) is 9.92 Å². The SMILES string of the molecule is CN(CCc1c[nH]c2ccccc12)S(=O)(=O)c1ccccc1Cl. The van der Waals surface area contributed by atoms with E-state index in [4.69, 9.17) is 11.6 Å². The summed E-state index contributed by atoms with van der Waals surface area (Å²) in [7, 11) is -2.01. The Labute approximate surface area is 140 Å². The third-order valence-electron chi connectivity index (χ3n) is 3.90. The number of sulfonamides is 1. The zero-order valence-electron chi connectivity index (χ0n) is 12.7. The van der Waals surface area contributed by atoms with E-state index in [1.165, 1.54) is 10.4 Å². The maximum Gasteiger partial charge on any atom is 0.244 e. The van der Waals surface area contributed by atoms with Gasteiger partial charge < -0.3 is 4.98 Å². The zero-order valence-corrected chi connectivity index (χ0v) is 14.2. The normalized spacial score (nSPS) is 12.1. The minimum absolute atomic E-state index is 0.142. The quantitative estimate of drug-likeness (QED) is 0.764. The fourth-order valence-electron chi connectivity index (χ4n) is 2.56. The van der Waals surface area contributed by atoms with Gasteiger partial charge in [0.25, 0.3) is 0 Å². The zero-order chi connectivity index (χ0) is 16.4. The molecule has 0 unspecified atom stereocenters. The summed E-state index contributed by atoms with van der Waals surface area (Å²) in [6.07, 6.45) is 2.56. The Morgan fingerprint density at radius 2 is 1.78 bits per heavy atom. The topological polar surface area (TPSA) is 53.2 Å². The molecular formula is C17H17ClN2O2S. The molecule has 3 rings (SSSR count). The highest BCUT2D eigenvalue weighted by molar-refractivity contribution is 7.89. The van der Waals surface area contributed by atoms with E-state index in [1.54, 1.807) is 25.2 Å². The molecule has 0 aliphatic heterocycles. The summed E-state index contributed by atoms with van der Waals surface area (Å²) in [6.45, 7) is 0.384. The van der Waals surface area contributed by atoms with E-state index in [0.29, 0.717) is 13.0 Å². The Morgan fingerprint density at radius 3 is 2.57 bits per heavy atom. The van der Waals surface area contributed by atoms with Crippen LogP contribution in [0.1, 0.15) is 5.56 Å². The van der Waals surface area contributed by atoms with E-state index in [2.05, 4.69) is 4.98 Å². The Hall–Kier alpha value is -1.82. The highest BCUT2D eigenvalue weighted by atomic mass is 35.5. The number of fused-ring (bicyclic) bond motifs is 1. The fourth-order valence-corrected chi connectivity index (χ4v) is 4.22. The average Bonchev–Trinajstić information content (AvgIpc) is 2.96. The van der Waals surface area contributed by atoms with Gasteiger partial charge in [-0.05, 0) is 30.2 Å². The first kappa shape index (κ1) is 16.1. The van der Waals surface area contributed by atoms with E-state index >= 15 is 0 Å². The molecule has 1 aromatic heterocycles. The summed E-state index contributed by atoms with van der Waals surface area (Å²) in [5.74, 6) is 0. The molecule has 2 aromatic carbocycles. The molecule has 0 radical (unpaired) electrons. The van der Waals surface area contributed by atoms with Crippen molar-refractivity contribution in [3.63, 3.8) is 0 Å². The first-order valence-corrected chi connectivity index (χ1v) is 9.08. The van der Waals surface area contributed by atoms with Crippen LogP contribution in [0.5, 0.6) is 0 Å². The summed E-state index contributed by atoms with van der Waals surface area (Å²) >= 11 is 6.02. The molecule has 1 N–H and O–H groups in total. The predicted molar refractivity (Wildman–Crippen MR) is 93.3 cm³/mol. The van der Waals surface area contributed by atoms with Gasteiger partial charge in [-0.25, -0.2) is 12.7 Å². The van der Waals surface area contributed by atoms with Crippen LogP contribution in [0.3, 0.4) is 0 Å². The molecule has 0 atom stereocenters. The smallest absolute Gasteiger partial charge is 0.244 e. The molecule has 0 saturated carbocycles. The lowest BCUT2D eigenvalue weighted by molar-refractivity contribution is 0.473. The molecule has 4 nitrogen and oxygen atoms in total. The summed E-state index contributed by atoms with van der Waals surface area (Å²) in [6, 6.07) is 14.5. The van der Waals surface area contributed by atoms with Crippen LogP contribution in [0.25, 0.3) is 10.9 Å². The number of nitrogens with zero attached hydrogens (tertiary/aromatic N) is 1. The van der Waals surface area contributed by atoms with Gasteiger partial charge >= 0.3 is 0 Å². The lowest BCUT2D eigenvalue weighted by Crippen LogP contribution is -2.29. The van der Waals surface area contributed by atoms with Crippen molar-refractivity contribution in [3.05, 3.63) is 65.3 Å². The number of hydrogen-bond donors (Lipinski definition) is 1. The van der Waals surface area contributed by atoms with Crippen LogP contribution in [-0.4, -0.2) is 31.3 Å². The van der Waals surface area contributed by atoms with Gasteiger partial charge in [0, 0.05) is 30.7 Å². The van der Waals surface area contributed by atoms with Crippen molar-refractivity contribution in [1.29, 1.82) is 0 Å². The van der Waals surface area contributed by atoms with Crippen LogP contribution in [-0.2, 0) is 16.4 Å². The van der Waals surface area contributed by atoms with Crippen molar-refractivity contribution in [1.82, 2.24) is 9.29 Å². The van der Waals surface area contributed by atoms with Gasteiger partial charge in [-0.1, -0.05) is 41.9 Å². The number of benzene rings is 2. The van der Waals surface area contributed by atoms with Gasteiger partial charge in [-0.2, -0.15) is 0 Å². The third kappa shape index (κ3) is 3.13. The number of rotatable bonds is 5. The summed E-state index contributed by atoms with van der Waals surface area (Å²) in [5, 5.41) is 1.36. The minimum Gasteiger partial charge on any atom is -0.361 e. The maximum absolute atomic E-state index is 12.6. The van der Waals surface area contributed by atoms with Crippen molar-refractivity contribution in [2.24, 2.45) is 0 Å². The standard InChI is InChI=1S/C17H17ClN2O2S/c1-20(23(21,22)17-9-5-3-7-15(17)18)11-10-13-12-19-16-8-4-2-6-14(13)16/h2-9,12,19H,10-11H2,1H3. The molecule has 0 fully saturated rings. The largest absolute Gasteiger partial charge is 0.361 e. The second-order valence-electron chi connectivity index (χ2n) is 5.37. The van der Waals surface area contributed by atoms with Crippen molar-refractivity contribution < 1.29 is 8.42 Å². The van der Waals surface area contributed by atoms with Crippen molar-refractivity contribution in [3.8, 4) is 0 Å². The monoisotopic (exact) mass is 348 g/mol. The fraction of sp³-hybridized carbons (Fsp3) is 0.176. The molecule has 0 aliphatic rings.